The molecule has 4 aliphatic rings. The minimum absolute atomic E-state index is 0.0473. The number of nitrogens with zero attached hydrogens (tertiary/aromatic N) is 2. The van der Waals surface area contributed by atoms with Gasteiger partial charge in [-0.25, -0.2) is 8.78 Å². The van der Waals surface area contributed by atoms with Gasteiger partial charge in [-0.3, -0.25) is 9.59 Å². The van der Waals surface area contributed by atoms with Crippen LogP contribution in [0.15, 0.2) is 18.2 Å². The fourth-order valence-electron chi connectivity index (χ4n) is 3.84. The molecule has 0 unspecified atom stereocenters. The third-order valence-corrected chi connectivity index (χ3v) is 5.40. The highest BCUT2D eigenvalue weighted by Crippen LogP contribution is 2.35. The summed E-state index contributed by atoms with van der Waals surface area (Å²) in [5.74, 6) is -1.72. The van der Waals surface area contributed by atoms with Crippen LogP contribution >= 0.6 is 0 Å². The predicted molar refractivity (Wildman–Crippen MR) is 83.2 cm³/mol. The summed E-state index contributed by atoms with van der Waals surface area (Å²) in [6.07, 6.45) is 4.06. The molecule has 6 heteroatoms. The van der Waals surface area contributed by atoms with Gasteiger partial charge in [-0.15, -0.1) is 0 Å². The van der Waals surface area contributed by atoms with Crippen LogP contribution in [0.5, 0.6) is 0 Å². The van der Waals surface area contributed by atoms with Crippen molar-refractivity contribution in [2.24, 2.45) is 11.8 Å². The smallest absolute Gasteiger partial charge is 0.254 e. The van der Waals surface area contributed by atoms with Crippen molar-refractivity contribution in [3.05, 3.63) is 35.4 Å². The van der Waals surface area contributed by atoms with E-state index in [9.17, 15) is 18.4 Å². The lowest BCUT2D eigenvalue weighted by Gasteiger charge is -2.36. The van der Waals surface area contributed by atoms with Crippen LogP contribution in [0.2, 0.25) is 0 Å². The molecule has 128 valence electrons. The number of carbonyl (C=O) groups excluding carboxylic acids is 2. The van der Waals surface area contributed by atoms with E-state index in [4.69, 9.17) is 0 Å². The second-order valence-corrected chi connectivity index (χ2v) is 7.20. The third kappa shape index (κ3) is 2.78. The van der Waals surface area contributed by atoms with Crippen LogP contribution in [0.25, 0.3) is 0 Å². The van der Waals surface area contributed by atoms with Gasteiger partial charge in [0.15, 0.2) is 11.6 Å². The first-order valence-corrected chi connectivity index (χ1v) is 8.57. The molecular weight excluding hydrogens is 314 g/mol. The largest absolute Gasteiger partial charge is 0.337 e. The van der Waals surface area contributed by atoms with Crippen molar-refractivity contribution in [2.45, 2.75) is 31.7 Å². The minimum Gasteiger partial charge on any atom is -0.337 e. The average molecular weight is 334 g/mol. The molecule has 24 heavy (non-hydrogen) atoms. The summed E-state index contributed by atoms with van der Waals surface area (Å²) in [6, 6.07) is 3.26. The van der Waals surface area contributed by atoms with Crippen molar-refractivity contribution in [2.75, 3.05) is 19.6 Å². The van der Waals surface area contributed by atoms with Crippen molar-refractivity contribution in [1.82, 2.24) is 9.80 Å². The van der Waals surface area contributed by atoms with E-state index in [-0.39, 0.29) is 29.3 Å². The standard InChI is InChI=1S/C18H20F2N2O2/c19-15-6-4-12(7-16(15)20)17(23)21-9-13-3-5-14(10-21)22(18(13)24)8-11-1-2-11/h4,6-7,11,13-14H,1-3,5,8-10H2/t13-,14+/m0/s1. The van der Waals surface area contributed by atoms with Crippen LogP contribution in [0, 0.1) is 23.5 Å². The zero-order valence-electron chi connectivity index (χ0n) is 13.4. The maximum absolute atomic E-state index is 13.4. The van der Waals surface area contributed by atoms with E-state index >= 15 is 0 Å². The first kappa shape index (κ1) is 15.5. The van der Waals surface area contributed by atoms with Gasteiger partial charge in [-0.05, 0) is 49.8 Å². The Morgan fingerprint density at radius 2 is 1.88 bits per heavy atom. The van der Waals surface area contributed by atoms with Gasteiger partial charge in [-0.1, -0.05) is 0 Å². The van der Waals surface area contributed by atoms with Crippen LogP contribution in [0.4, 0.5) is 8.78 Å². The summed E-state index contributed by atoms with van der Waals surface area (Å²) in [5.41, 5.74) is 0.136. The van der Waals surface area contributed by atoms with Gasteiger partial charge in [0.05, 0.1) is 5.92 Å². The molecule has 4 nitrogen and oxygen atoms in total. The number of amides is 2. The molecule has 2 amide bonds. The number of piperidine rings is 1. The molecule has 0 aromatic heterocycles. The molecule has 1 aromatic carbocycles. The van der Waals surface area contributed by atoms with E-state index in [1.165, 1.54) is 18.9 Å². The Morgan fingerprint density at radius 3 is 2.58 bits per heavy atom. The Morgan fingerprint density at radius 1 is 1.08 bits per heavy atom. The molecule has 3 saturated heterocycles. The Labute approximate surface area is 139 Å². The molecule has 1 saturated carbocycles. The highest BCUT2D eigenvalue weighted by Gasteiger charge is 2.43. The molecule has 0 spiro atoms. The maximum atomic E-state index is 13.4. The molecule has 0 radical (unpaired) electrons. The van der Waals surface area contributed by atoms with Crippen molar-refractivity contribution in [3.63, 3.8) is 0 Å². The van der Waals surface area contributed by atoms with E-state index in [1.807, 2.05) is 4.90 Å². The molecule has 2 atom stereocenters. The molecule has 4 fully saturated rings. The van der Waals surface area contributed by atoms with Crippen LogP contribution in [-0.4, -0.2) is 47.3 Å². The molecule has 3 heterocycles. The topological polar surface area (TPSA) is 40.6 Å². The number of rotatable bonds is 3. The second kappa shape index (κ2) is 5.83. The molecule has 5 rings (SSSR count). The summed E-state index contributed by atoms with van der Waals surface area (Å²) < 4.78 is 26.5. The first-order chi connectivity index (χ1) is 11.5. The van der Waals surface area contributed by atoms with E-state index in [0.29, 0.717) is 19.0 Å². The monoisotopic (exact) mass is 334 g/mol. The van der Waals surface area contributed by atoms with Gasteiger partial charge < -0.3 is 9.80 Å². The van der Waals surface area contributed by atoms with Crippen molar-refractivity contribution in [3.8, 4) is 0 Å². The van der Waals surface area contributed by atoms with Gasteiger partial charge in [0.1, 0.15) is 0 Å². The third-order valence-electron chi connectivity index (χ3n) is 5.40. The lowest BCUT2D eigenvalue weighted by molar-refractivity contribution is -0.140. The molecule has 1 aliphatic carbocycles. The number of benzene rings is 1. The number of fused-ring (bicyclic) bond motifs is 4. The first-order valence-electron chi connectivity index (χ1n) is 8.57. The van der Waals surface area contributed by atoms with Crippen LogP contribution < -0.4 is 0 Å². The van der Waals surface area contributed by atoms with E-state index < -0.39 is 11.6 Å². The van der Waals surface area contributed by atoms with Crippen molar-refractivity contribution < 1.29 is 18.4 Å². The molecule has 0 N–H and O–H groups in total. The molecule has 3 aliphatic heterocycles. The number of hydrogen-bond donors (Lipinski definition) is 0. The Kier molecular flexibility index (Phi) is 3.77. The lowest BCUT2D eigenvalue weighted by atomic mass is 9.94. The highest BCUT2D eigenvalue weighted by molar-refractivity contribution is 5.95. The molecule has 1 aromatic rings. The molecular formula is C18H20F2N2O2. The quantitative estimate of drug-likeness (QED) is 0.852. The molecule has 2 bridgehead atoms. The highest BCUT2D eigenvalue weighted by atomic mass is 19.2. The van der Waals surface area contributed by atoms with Gasteiger partial charge in [0.2, 0.25) is 5.91 Å². The van der Waals surface area contributed by atoms with Crippen molar-refractivity contribution in [1.29, 1.82) is 0 Å². The van der Waals surface area contributed by atoms with Crippen LogP contribution in [0.1, 0.15) is 36.0 Å². The van der Waals surface area contributed by atoms with E-state index in [2.05, 4.69) is 0 Å². The SMILES string of the molecule is O=C(c1ccc(F)c(F)c1)N1C[C@@H]2CC[C@H](C1)N(CC1CC1)C2=O. The van der Waals surface area contributed by atoms with Gasteiger partial charge >= 0.3 is 0 Å². The number of carbonyl (C=O) groups is 2. The maximum Gasteiger partial charge on any atom is 0.254 e. The van der Waals surface area contributed by atoms with Crippen LogP contribution in [-0.2, 0) is 4.79 Å². The Balaban J connectivity index is 1.55. The Bertz CT molecular complexity index is 690. The zero-order chi connectivity index (χ0) is 16.8. The van der Waals surface area contributed by atoms with Gasteiger partial charge in [0, 0.05) is 31.2 Å². The second-order valence-electron chi connectivity index (χ2n) is 7.20. The summed E-state index contributed by atoms with van der Waals surface area (Å²) in [7, 11) is 0. The van der Waals surface area contributed by atoms with E-state index in [0.717, 1.165) is 31.5 Å². The fourth-order valence-corrected chi connectivity index (χ4v) is 3.84. The fraction of sp³-hybridized carbons (Fsp3) is 0.556. The predicted octanol–water partition coefficient (Wildman–Crippen LogP) is 2.44. The number of halogens is 2. The van der Waals surface area contributed by atoms with Crippen molar-refractivity contribution >= 4 is 11.8 Å². The summed E-state index contributed by atoms with van der Waals surface area (Å²) >= 11 is 0. The minimum atomic E-state index is -1.02. The number of hydrogen-bond acceptors (Lipinski definition) is 2. The summed E-state index contributed by atoms with van der Waals surface area (Å²) in [5, 5.41) is 0. The normalized spacial score (nSPS) is 26.7. The van der Waals surface area contributed by atoms with Crippen LogP contribution in [0.3, 0.4) is 0 Å². The Hall–Kier alpha value is -1.98. The zero-order valence-corrected chi connectivity index (χ0v) is 13.4. The average Bonchev–Trinajstić information content (AvgIpc) is 3.39. The summed E-state index contributed by atoms with van der Waals surface area (Å²) in [4.78, 5) is 28.9. The summed E-state index contributed by atoms with van der Waals surface area (Å²) in [6.45, 7) is 1.65. The van der Waals surface area contributed by atoms with E-state index in [1.54, 1.807) is 4.90 Å². The van der Waals surface area contributed by atoms with Gasteiger partial charge in [0.25, 0.3) is 5.91 Å². The van der Waals surface area contributed by atoms with Gasteiger partial charge in [-0.2, -0.15) is 0 Å². The lowest BCUT2D eigenvalue weighted by Crippen LogP contribution is -2.48.